The molecule has 0 radical (unpaired) electrons. The van der Waals surface area contributed by atoms with Gasteiger partial charge < -0.3 is 5.32 Å². The lowest BCUT2D eigenvalue weighted by Gasteiger charge is -1.99. The molecule has 2 rings (SSSR count). The zero-order valence-corrected chi connectivity index (χ0v) is 9.34. The molecule has 0 saturated carbocycles. The van der Waals surface area contributed by atoms with E-state index < -0.39 is 0 Å². The van der Waals surface area contributed by atoms with E-state index in [2.05, 4.69) is 27.1 Å². The summed E-state index contributed by atoms with van der Waals surface area (Å²) in [4.78, 5) is 15.1. The molecule has 17 heavy (non-hydrogen) atoms. The third-order valence-electron chi connectivity index (χ3n) is 1.71. The number of rotatable bonds is 3. The Bertz CT molecular complexity index is 408. The van der Waals surface area contributed by atoms with Crippen molar-refractivity contribution in [3.05, 3.63) is 61.2 Å². The normalized spacial score (nSPS) is 8.71. The lowest BCUT2D eigenvalue weighted by atomic mass is 10.3. The quantitative estimate of drug-likeness (QED) is 0.783. The first kappa shape index (κ1) is 12.6. The molecule has 88 valence electrons. The highest BCUT2D eigenvalue weighted by atomic mass is 16.1. The first-order valence-corrected chi connectivity index (χ1v) is 5.08. The van der Waals surface area contributed by atoms with Crippen LogP contribution < -0.4 is 5.32 Å². The molecule has 2 N–H and O–H groups in total. The van der Waals surface area contributed by atoms with Crippen molar-refractivity contribution in [2.24, 2.45) is 0 Å². The molecule has 5 heteroatoms. The lowest BCUT2D eigenvalue weighted by molar-refractivity contribution is 0.0953. The van der Waals surface area contributed by atoms with Gasteiger partial charge in [0, 0.05) is 25.1 Å². The number of nitrogens with zero attached hydrogens (tertiary/aromatic N) is 2. The highest BCUT2D eigenvalue weighted by molar-refractivity contribution is 5.92. The summed E-state index contributed by atoms with van der Waals surface area (Å²) in [6.07, 6.45) is 6.67. The first-order valence-electron chi connectivity index (χ1n) is 5.08. The van der Waals surface area contributed by atoms with Crippen molar-refractivity contribution in [1.82, 2.24) is 20.5 Å². The summed E-state index contributed by atoms with van der Waals surface area (Å²) in [7, 11) is 0. The Morgan fingerprint density at radius 1 is 1.41 bits per heavy atom. The average molecular weight is 230 g/mol. The van der Waals surface area contributed by atoms with Gasteiger partial charge in [-0.05, 0) is 18.2 Å². The summed E-state index contributed by atoms with van der Waals surface area (Å²) >= 11 is 0. The number of aromatic amines is 1. The standard InChI is InChI=1S/C9H10N2O.C3H4N2/c1-2-6-11-9(12)8-5-3-4-7-10-8;1-2-4-5-3-1/h2-5,7H,1,6H2,(H,11,12);1-3H,(H,4,5). The lowest BCUT2D eigenvalue weighted by Crippen LogP contribution is -2.23. The number of pyridine rings is 1. The van der Waals surface area contributed by atoms with Crippen LogP contribution in [0.15, 0.2) is 55.5 Å². The van der Waals surface area contributed by atoms with Crippen LogP contribution in [0.1, 0.15) is 10.5 Å². The zero-order chi connectivity index (χ0) is 12.3. The predicted octanol–water partition coefficient (Wildman–Crippen LogP) is 1.41. The van der Waals surface area contributed by atoms with E-state index in [0.29, 0.717) is 12.2 Å². The van der Waals surface area contributed by atoms with Gasteiger partial charge in [0.1, 0.15) is 5.69 Å². The van der Waals surface area contributed by atoms with Gasteiger partial charge in [0.2, 0.25) is 0 Å². The minimum atomic E-state index is -0.171. The fourth-order valence-corrected chi connectivity index (χ4v) is 0.968. The maximum Gasteiger partial charge on any atom is 0.270 e. The summed E-state index contributed by atoms with van der Waals surface area (Å²) < 4.78 is 0. The number of carbonyl (C=O) groups excluding carboxylic acids is 1. The Hall–Kier alpha value is -2.43. The zero-order valence-electron chi connectivity index (χ0n) is 9.34. The molecule has 5 nitrogen and oxygen atoms in total. The van der Waals surface area contributed by atoms with Gasteiger partial charge >= 0.3 is 0 Å². The van der Waals surface area contributed by atoms with E-state index in [1.807, 2.05) is 6.07 Å². The van der Waals surface area contributed by atoms with E-state index in [-0.39, 0.29) is 5.91 Å². The third-order valence-corrected chi connectivity index (χ3v) is 1.71. The fraction of sp³-hybridized carbons (Fsp3) is 0.0833. The van der Waals surface area contributed by atoms with Crippen LogP contribution in [-0.2, 0) is 0 Å². The van der Waals surface area contributed by atoms with E-state index in [4.69, 9.17) is 0 Å². The van der Waals surface area contributed by atoms with Crippen molar-refractivity contribution in [3.63, 3.8) is 0 Å². The number of aromatic nitrogens is 3. The van der Waals surface area contributed by atoms with Crippen LogP contribution in [0, 0.1) is 0 Å². The molecule has 0 aliphatic rings. The fourth-order valence-electron chi connectivity index (χ4n) is 0.968. The Morgan fingerprint density at radius 3 is 2.76 bits per heavy atom. The minimum Gasteiger partial charge on any atom is -0.347 e. The van der Waals surface area contributed by atoms with Crippen molar-refractivity contribution in [3.8, 4) is 0 Å². The highest BCUT2D eigenvalue weighted by Gasteiger charge is 2.02. The maximum absolute atomic E-state index is 11.2. The van der Waals surface area contributed by atoms with Crippen molar-refractivity contribution in [1.29, 1.82) is 0 Å². The maximum atomic E-state index is 11.2. The number of carbonyl (C=O) groups is 1. The summed E-state index contributed by atoms with van der Waals surface area (Å²) in [6.45, 7) is 3.96. The van der Waals surface area contributed by atoms with Gasteiger partial charge in [-0.1, -0.05) is 12.1 Å². The first-order chi connectivity index (χ1) is 8.34. The van der Waals surface area contributed by atoms with Gasteiger partial charge in [0.15, 0.2) is 0 Å². The predicted molar refractivity (Wildman–Crippen MR) is 65.4 cm³/mol. The van der Waals surface area contributed by atoms with Crippen LogP contribution in [-0.4, -0.2) is 27.6 Å². The van der Waals surface area contributed by atoms with Crippen LogP contribution in [0.25, 0.3) is 0 Å². The Balaban J connectivity index is 0.000000239. The molecule has 0 fully saturated rings. The summed E-state index contributed by atoms with van der Waals surface area (Å²) in [6, 6.07) is 7.04. The topological polar surface area (TPSA) is 70.7 Å². The van der Waals surface area contributed by atoms with Crippen LogP contribution in [0.3, 0.4) is 0 Å². The second-order valence-electron chi connectivity index (χ2n) is 2.98. The van der Waals surface area contributed by atoms with E-state index >= 15 is 0 Å². The smallest absolute Gasteiger partial charge is 0.270 e. The molecular weight excluding hydrogens is 216 g/mol. The highest BCUT2D eigenvalue weighted by Crippen LogP contribution is 1.91. The van der Waals surface area contributed by atoms with Crippen LogP contribution in [0.2, 0.25) is 0 Å². The van der Waals surface area contributed by atoms with Crippen molar-refractivity contribution in [2.75, 3.05) is 6.54 Å². The molecule has 0 unspecified atom stereocenters. The van der Waals surface area contributed by atoms with Gasteiger partial charge in [-0.15, -0.1) is 6.58 Å². The van der Waals surface area contributed by atoms with Crippen LogP contribution >= 0.6 is 0 Å². The summed E-state index contributed by atoms with van der Waals surface area (Å²) in [5.41, 5.74) is 0.430. The molecule has 0 saturated heterocycles. The molecule has 2 aromatic heterocycles. The summed E-state index contributed by atoms with van der Waals surface area (Å²) in [5.74, 6) is -0.171. The van der Waals surface area contributed by atoms with E-state index in [1.54, 1.807) is 42.9 Å². The minimum absolute atomic E-state index is 0.171. The monoisotopic (exact) mass is 230 g/mol. The van der Waals surface area contributed by atoms with E-state index in [1.165, 1.54) is 0 Å². The van der Waals surface area contributed by atoms with E-state index in [0.717, 1.165) is 0 Å². The van der Waals surface area contributed by atoms with Crippen molar-refractivity contribution < 1.29 is 4.79 Å². The average Bonchev–Trinajstić information content (AvgIpc) is 2.96. The third kappa shape index (κ3) is 5.27. The number of nitrogens with one attached hydrogen (secondary N) is 2. The second kappa shape index (κ2) is 7.81. The molecule has 2 aromatic rings. The van der Waals surface area contributed by atoms with Gasteiger partial charge in [-0.3, -0.25) is 14.9 Å². The Morgan fingerprint density at radius 2 is 2.29 bits per heavy atom. The number of amides is 1. The van der Waals surface area contributed by atoms with Crippen molar-refractivity contribution in [2.45, 2.75) is 0 Å². The molecular formula is C12H14N4O. The number of H-pyrrole nitrogens is 1. The van der Waals surface area contributed by atoms with Crippen LogP contribution in [0.5, 0.6) is 0 Å². The molecule has 0 aliphatic carbocycles. The molecule has 0 spiro atoms. The van der Waals surface area contributed by atoms with Gasteiger partial charge in [0.25, 0.3) is 5.91 Å². The molecule has 0 aliphatic heterocycles. The number of hydrogen-bond donors (Lipinski definition) is 2. The van der Waals surface area contributed by atoms with Crippen molar-refractivity contribution >= 4 is 5.91 Å². The summed E-state index contributed by atoms with van der Waals surface area (Å²) in [5, 5.41) is 8.84. The van der Waals surface area contributed by atoms with Gasteiger partial charge in [-0.25, -0.2) is 0 Å². The SMILES string of the molecule is C=CCNC(=O)c1ccccn1.c1cn[nH]c1. The second-order valence-corrected chi connectivity index (χ2v) is 2.98. The Labute approximate surface area is 99.6 Å². The van der Waals surface area contributed by atoms with E-state index in [9.17, 15) is 4.79 Å². The molecule has 2 heterocycles. The number of hydrogen-bond acceptors (Lipinski definition) is 3. The van der Waals surface area contributed by atoms with Gasteiger partial charge in [0.05, 0.1) is 0 Å². The largest absolute Gasteiger partial charge is 0.347 e. The molecule has 0 atom stereocenters. The molecule has 0 aromatic carbocycles. The molecule has 1 amide bonds. The Kier molecular flexibility index (Phi) is 5.81. The van der Waals surface area contributed by atoms with Crippen LogP contribution in [0.4, 0.5) is 0 Å². The van der Waals surface area contributed by atoms with Gasteiger partial charge in [-0.2, -0.15) is 5.10 Å². The molecule has 0 bridgehead atoms.